The van der Waals surface area contributed by atoms with E-state index in [2.05, 4.69) is 0 Å². The second-order valence-corrected chi connectivity index (χ2v) is 6.27. The molecular formula is C24H19NO2. The van der Waals surface area contributed by atoms with Gasteiger partial charge in [-0.05, 0) is 41.5 Å². The minimum absolute atomic E-state index is 0.250. The first-order chi connectivity index (χ1) is 13.3. The first kappa shape index (κ1) is 16.9. The maximum atomic E-state index is 9.57. The van der Waals surface area contributed by atoms with Crippen LogP contribution in [0.1, 0.15) is 16.8 Å². The Balaban J connectivity index is 1.60. The van der Waals surface area contributed by atoms with Gasteiger partial charge in [0.25, 0.3) is 0 Å². The molecule has 1 heterocycles. The number of phenolic OH excluding ortho intramolecular Hbond substituents is 1. The van der Waals surface area contributed by atoms with Crippen molar-refractivity contribution in [1.82, 2.24) is 4.98 Å². The molecule has 3 aromatic carbocycles. The van der Waals surface area contributed by atoms with Crippen LogP contribution in [0, 0.1) is 0 Å². The highest BCUT2D eigenvalue weighted by atomic mass is 16.5. The molecule has 1 aromatic heterocycles. The molecule has 0 aliphatic carbocycles. The molecule has 132 valence electrons. The van der Waals surface area contributed by atoms with E-state index >= 15 is 0 Å². The topological polar surface area (TPSA) is 42.4 Å². The number of ether oxygens (including phenoxy) is 1. The Morgan fingerprint density at radius 2 is 1.67 bits per heavy atom. The number of phenols is 1. The highest BCUT2D eigenvalue weighted by Gasteiger charge is 2.05. The molecule has 0 amide bonds. The van der Waals surface area contributed by atoms with Crippen LogP contribution in [0.2, 0.25) is 0 Å². The minimum Gasteiger partial charge on any atom is -0.508 e. The summed E-state index contributed by atoms with van der Waals surface area (Å²) < 4.78 is 6.02. The lowest BCUT2D eigenvalue weighted by Crippen LogP contribution is -1.97. The van der Waals surface area contributed by atoms with Gasteiger partial charge >= 0.3 is 0 Å². The summed E-state index contributed by atoms with van der Waals surface area (Å²) in [4.78, 5) is 4.75. The quantitative estimate of drug-likeness (QED) is 0.501. The first-order valence-corrected chi connectivity index (χ1v) is 8.81. The third kappa shape index (κ3) is 4.15. The van der Waals surface area contributed by atoms with Crippen molar-refractivity contribution in [2.75, 3.05) is 0 Å². The summed E-state index contributed by atoms with van der Waals surface area (Å²) in [7, 11) is 0. The molecule has 0 saturated carbocycles. The van der Waals surface area contributed by atoms with Crippen LogP contribution >= 0.6 is 0 Å². The van der Waals surface area contributed by atoms with Crippen molar-refractivity contribution < 1.29 is 9.84 Å². The predicted octanol–water partition coefficient (Wildman–Crippen LogP) is 5.69. The largest absolute Gasteiger partial charge is 0.508 e. The van der Waals surface area contributed by atoms with Gasteiger partial charge in [0.1, 0.15) is 23.6 Å². The molecule has 0 fully saturated rings. The molecule has 3 heteroatoms. The van der Waals surface area contributed by atoms with Gasteiger partial charge in [0, 0.05) is 5.39 Å². The molecule has 0 saturated heterocycles. The van der Waals surface area contributed by atoms with Crippen LogP contribution in [-0.2, 0) is 6.61 Å². The molecule has 0 bridgehead atoms. The highest BCUT2D eigenvalue weighted by molar-refractivity contribution is 5.86. The molecule has 0 unspecified atom stereocenters. The van der Waals surface area contributed by atoms with Crippen molar-refractivity contribution >= 4 is 23.1 Å². The third-order valence-electron chi connectivity index (χ3n) is 4.26. The average molecular weight is 353 g/mol. The summed E-state index contributed by atoms with van der Waals surface area (Å²) in [6.45, 7) is 0.505. The third-order valence-corrected chi connectivity index (χ3v) is 4.26. The zero-order valence-electron chi connectivity index (χ0n) is 14.7. The van der Waals surface area contributed by atoms with E-state index in [1.54, 1.807) is 12.1 Å². The molecule has 3 nitrogen and oxygen atoms in total. The number of aromatic nitrogens is 1. The normalized spacial score (nSPS) is 11.1. The Hall–Kier alpha value is -3.59. The maximum absolute atomic E-state index is 9.57. The summed E-state index contributed by atoms with van der Waals surface area (Å²) >= 11 is 0. The van der Waals surface area contributed by atoms with Crippen LogP contribution in [0.15, 0.2) is 84.9 Å². The molecule has 4 aromatic rings. The molecule has 0 spiro atoms. The second-order valence-electron chi connectivity index (χ2n) is 6.27. The van der Waals surface area contributed by atoms with Gasteiger partial charge in [-0.15, -0.1) is 0 Å². The van der Waals surface area contributed by atoms with E-state index < -0.39 is 0 Å². The fraction of sp³-hybridized carbons (Fsp3) is 0.0417. The van der Waals surface area contributed by atoms with Crippen LogP contribution in [0.25, 0.3) is 23.1 Å². The lowest BCUT2D eigenvalue weighted by atomic mass is 10.1. The van der Waals surface area contributed by atoms with Crippen LogP contribution in [0.4, 0.5) is 0 Å². The molecule has 0 atom stereocenters. The van der Waals surface area contributed by atoms with E-state index in [4.69, 9.17) is 9.72 Å². The van der Waals surface area contributed by atoms with Gasteiger partial charge in [0.15, 0.2) is 0 Å². The van der Waals surface area contributed by atoms with Gasteiger partial charge in [-0.2, -0.15) is 0 Å². The zero-order chi connectivity index (χ0) is 18.5. The maximum Gasteiger partial charge on any atom is 0.146 e. The molecule has 0 radical (unpaired) electrons. The second kappa shape index (κ2) is 7.75. The van der Waals surface area contributed by atoms with Gasteiger partial charge in [-0.25, -0.2) is 4.98 Å². The minimum atomic E-state index is 0.250. The van der Waals surface area contributed by atoms with Crippen molar-refractivity contribution in [3.63, 3.8) is 0 Å². The van der Waals surface area contributed by atoms with E-state index in [1.807, 2.05) is 84.9 Å². The van der Waals surface area contributed by atoms with Gasteiger partial charge in [0.2, 0.25) is 0 Å². The van der Waals surface area contributed by atoms with Gasteiger partial charge in [-0.1, -0.05) is 66.7 Å². The molecule has 4 rings (SSSR count). The van der Waals surface area contributed by atoms with E-state index in [0.29, 0.717) is 6.61 Å². The van der Waals surface area contributed by atoms with Gasteiger partial charge in [-0.3, -0.25) is 0 Å². The molecule has 0 aliphatic rings. The lowest BCUT2D eigenvalue weighted by Gasteiger charge is -2.09. The van der Waals surface area contributed by atoms with Crippen molar-refractivity contribution in [1.29, 1.82) is 0 Å². The lowest BCUT2D eigenvalue weighted by molar-refractivity contribution is 0.309. The zero-order valence-corrected chi connectivity index (χ0v) is 14.7. The van der Waals surface area contributed by atoms with E-state index in [1.165, 1.54) is 0 Å². The summed E-state index contributed by atoms with van der Waals surface area (Å²) in [5.41, 5.74) is 3.72. The number of aromatic hydroxyl groups is 1. The number of para-hydroxylation sites is 1. The Kier molecular flexibility index (Phi) is 4.84. The number of nitrogens with zero attached hydrogens (tertiary/aromatic N) is 1. The summed E-state index contributed by atoms with van der Waals surface area (Å²) in [6.07, 6.45) is 3.86. The Morgan fingerprint density at radius 1 is 0.815 bits per heavy atom. The molecule has 0 aliphatic heterocycles. The number of hydrogen-bond donors (Lipinski definition) is 1. The Labute approximate surface area is 158 Å². The fourth-order valence-corrected chi connectivity index (χ4v) is 2.89. The number of pyridine rings is 1. The van der Waals surface area contributed by atoms with Gasteiger partial charge < -0.3 is 9.84 Å². The van der Waals surface area contributed by atoms with Crippen molar-refractivity contribution in [2.45, 2.75) is 6.61 Å². The van der Waals surface area contributed by atoms with Crippen molar-refractivity contribution in [3.05, 3.63) is 102 Å². The molecule has 27 heavy (non-hydrogen) atoms. The summed E-state index contributed by atoms with van der Waals surface area (Å²) in [5.74, 6) is 1.02. The van der Waals surface area contributed by atoms with E-state index in [9.17, 15) is 5.11 Å². The van der Waals surface area contributed by atoms with E-state index in [-0.39, 0.29) is 5.75 Å². The number of rotatable bonds is 5. The SMILES string of the molecule is Oc1cccc(C=Cc2ccc3cccc(OCc4ccccc4)c3n2)c1. The molecular weight excluding hydrogens is 334 g/mol. The Bertz CT molecular complexity index is 1090. The number of fused-ring (bicyclic) bond motifs is 1. The van der Waals surface area contributed by atoms with Crippen LogP contribution < -0.4 is 4.74 Å². The first-order valence-electron chi connectivity index (χ1n) is 8.81. The monoisotopic (exact) mass is 353 g/mol. The Morgan fingerprint density at radius 3 is 2.52 bits per heavy atom. The van der Waals surface area contributed by atoms with Crippen LogP contribution in [0.3, 0.4) is 0 Å². The van der Waals surface area contributed by atoms with Crippen molar-refractivity contribution in [2.24, 2.45) is 0 Å². The number of benzene rings is 3. The van der Waals surface area contributed by atoms with Crippen molar-refractivity contribution in [3.8, 4) is 11.5 Å². The molecule has 1 N–H and O–H groups in total. The van der Waals surface area contributed by atoms with E-state index in [0.717, 1.165) is 33.5 Å². The smallest absolute Gasteiger partial charge is 0.146 e. The number of hydrogen-bond acceptors (Lipinski definition) is 3. The summed E-state index contributed by atoms with van der Waals surface area (Å²) in [6, 6.07) is 27.2. The van der Waals surface area contributed by atoms with Crippen LogP contribution in [0.5, 0.6) is 11.5 Å². The van der Waals surface area contributed by atoms with Gasteiger partial charge in [0.05, 0.1) is 5.69 Å². The highest BCUT2D eigenvalue weighted by Crippen LogP contribution is 2.25. The predicted molar refractivity (Wildman–Crippen MR) is 110 cm³/mol. The summed E-state index contributed by atoms with van der Waals surface area (Å²) in [5, 5.41) is 10.6. The standard InChI is InChI=1S/C24H19NO2/c26-22-10-4-8-18(16-22)12-14-21-15-13-20-9-5-11-23(24(20)25-21)27-17-19-6-2-1-3-7-19/h1-16,26H,17H2. The average Bonchev–Trinajstić information content (AvgIpc) is 2.71. The fourth-order valence-electron chi connectivity index (χ4n) is 2.89. The van der Waals surface area contributed by atoms with Crippen LogP contribution in [-0.4, -0.2) is 10.1 Å².